The van der Waals surface area contributed by atoms with Crippen molar-refractivity contribution >= 4 is 29.4 Å². The number of carbonyl (C=O) groups is 3. The number of likely N-dealkylation sites (tertiary alicyclic amines) is 1. The summed E-state index contributed by atoms with van der Waals surface area (Å²) in [6, 6.07) is 1.75. The molecule has 1 fully saturated rings. The van der Waals surface area contributed by atoms with Gasteiger partial charge in [-0.15, -0.1) is 0 Å². The zero-order valence-electron chi connectivity index (χ0n) is 13.5. The van der Waals surface area contributed by atoms with Gasteiger partial charge in [0, 0.05) is 5.56 Å². The van der Waals surface area contributed by atoms with Crippen molar-refractivity contribution in [2.24, 2.45) is 10.7 Å². The summed E-state index contributed by atoms with van der Waals surface area (Å²) in [7, 11) is 0. The normalized spacial score (nSPS) is 19.2. The molecule has 9 heteroatoms. The predicted octanol–water partition coefficient (Wildman–Crippen LogP) is 1.19. The molecular formula is C16H18FN5O3. The molecule has 5 amide bonds. The van der Waals surface area contributed by atoms with Crippen LogP contribution in [0.4, 0.5) is 19.7 Å². The minimum atomic E-state index is -1.08. The summed E-state index contributed by atoms with van der Waals surface area (Å²) in [4.78, 5) is 42.3. The molecule has 1 aromatic carbocycles. The number of rotatable bonds is 2. The number of nitrogens with zero attached hydrogens (tertiary/aromatic N) is 3. The molecule has 0 aromatic heterocycles. The van der Waals surface area contributed by atoms with Gasteiger partial charge in [0.05, 0.1) is 12.4 Å². The number of piperidine rings is 1. The zero-order chi connectivity index (χ0) is 18.0. The van der Waals surface area contributed by atoms with E-state index in [4.69, 9.17) is 5.73 Å². The first-order valence-corrected chi connectivity index (χ1v) is 7.99. The summed E-state index contributed by atoms with van der Waals surface area (Å²) in [6.07, 6.45) is 3.27. The fourth-order valence-corrected chi connectivity index (χ4v) is 3.07. The van der Waals surface area contributed by atoms with E-state index in [-0.39, 0.29) is 11.3 Å². The van der Waals surface area contributed by atoms with Crippen LogP contribution in [0.3, 0.4) is 0 Å². The summed E-state index contributed by atoms with van der Waals surface area (Å²) < 4.78 is 13.6. The smallest absolute Gasteiger partial charge is 0.349 e. The molecule has 0 aliphatic carbocycles. The molecule has 1 saturated heterocycles. The Morgan fingerprint density at radius 2 is 1.96 bits per heavy atom. The van der Waals surface area contributed by atoms with E-state index in [0.29, 0.717) is 12.4 Å². The summed E-state index contributed by atoms with van der Waals surface area (Å²) in [5, 5.41) is 1.77. The fourth-order valence-electron chi connectivity index (χ4n) is 3.07. The standard InChI is InChI=1S/C16H18FN5O3/c17-10-4-5-12-11(8-10)13(19-16(25)20-15(18)24)14(23)22(12)9-21-6-2-1-3-7-21/h4-5,8H,1-3,6-7,9H2,(H3,18,20,24,25)/b19-13-. The van der Waals surface area contributed by atoms with Crippen molar-refractivity contribution in [1.82, 2.24) is 10.2 Å². The van der Waals surface area contributed by atoms with E-state index in [0.717, 1.165) is 38.4 Å². The van der Waals surface area contributed by atoms with E-state index in [1.807, 2.05) is 0 Å². The molecule has 0 radical (unpaired) electrons. The number of nitrogens with one attached hydrogen (secondary N) is 1. The van der Waals surface area contributed by atoms with Crippen LogP contribution in [-0.2, 0) is 4.79 Å². The Kier molecular flexibility index (Phi) is 4.75. The topological polar surface area (TPSA) is 108 Å². The molecule has 0 saturated carbocycles. The summed E-state index contributed by atoms with van der Waals surface area (Å²) in [6.45, 7) is 2.08. The number of aliphatic imine (C=N–C) groups is 1. The van der Waals surface area contributed by atoms with Crippen molar-refractivity contribution in [1.29, 1.82) is 0 Å². The number of fused-ring (bicyclic) bond motifs is 1. The van der Waals surface area contributed by atoms with E-state index >= 15 is 0 Å². The highest BCUT2D eigenvalue weighted by molar-refractivity contribution is 6.55. The fraction of sp³-hybridized carbons (Fsp3) is 0.375. The maximum atomic E-state index is 13.6. The number of hydrogen-bond acceptors (Lipinski definition) is 4. The Labute approximate surface area is 143 Å². The number of primary amides is 1. The number of benzene rings is 1. The van der Waals surface area contributed by atoms with Crippen LogP contribution in [0.15, 0.2) is 23.2 Å². The van der Waals surface area contributed by atoms with E-state index < -0.39 is 23.8 Å². The van der Waals surface area contributed by atoms with Gasteiger partial charge in [-0.2, -0.15) is 4.99 Å². The number of carbonyl (C=O) groups excluding carboxylic acids is 3. The molecule has 1 aromatic rings. The summed E-state index contributed by atoms with van der Waals surface area (Å²) in [5.74, 6) is -1.06. The first kappa shape index (κ1) is 17.0. The van der Waals surface area contributed by atoms with Crippen LogP contribution in [-0.4, -0.2) is 48.3 Å². The van der Waals surface area contributed by atoms with Crippen LogP contribution in [0.1, 0.15) is 24.8 Å². The average Bonchev–Trinajstić information content (AvgIpc) is 2.80. The molecule has 132 valence electrons. The molecule has 0 unspecified atom stereocenters. The number of anilines is 1. The predicted molar refractivity (Wildman–Crippen MR) is 88.8 cm³/mol. The molecule has 2 aliphatic heterocycles. The summed E-state index contributed by atoms with van der Waals surface area (Å²) in [5.41, 5.74) is 5.38. The van der Waals surface area contributed by atoms with Crippen molar-refractivity contribution in [2.75, 3.05) is 24.7 Å². The third-order valence-corrected chi connectivity index (χ3v) is 4.19. The van der Waals surface area contributed by atoms with E-state index in [1.165, 1.54) is 17.0 Å². The lowest BCUT2D eigenvalue weighted by atomic mass is 10.1. The summed E-state index contributed by atoms with van der Waals surface area (Å²) >= 11 is 0. The molecule has 0 atom stereocenters. The molecule has 2 aliphatic rings. The van der Waals surface area contributed by atoms with Crippen molar-refractivity contribution in [3.63, 3.8) is 0 Å². The highest BCUT2D eigenvalue weighted by atomic mass is 19.1. The second-order valence-electron chi connectivity index (χ2n) is 5.97. The largest absolute Gasteiger partial charge is 0.351 e. The van der Waals surface area contributed by atoms with E-state index in [2.05, 4.69) is 9.89 Å². The lowest BCUT2D eigenvalue weighted by molar-refractivity contribution is -0.112. The van der Waals surface area contributed by atoms with Crippen molar-refractivity contribution in [3.8, 4) is 0 Å². The van der Waals surface area contributed by atoms with Gasteiger partial charge >= 0.3 is 12.1 Å². The third kappa shape index (κ3) is 3.66. The van der Waals surface area contributed by atoms with Gasteiger partial charge in [-0.3, -0.25) is 19.9 Å². The first-order chi connectivity index (χ1) is 12.0. The first-order valence-electron chi connectivity index (χ1n) is 7.99. The number of amides is 5. The van der Waals surface area contributed by atoms with E-state index in [9.17, 15) is 18.8 Å². The molecule has 25 heavy (non-hydrogen) atoms. The Morgan fingerprint density at radius 3 is 2.64 bits per heavy atom. The molecule has 8 nitrogen and oxygen atoms in total. The number of halogens is 1. The van der Waals surface area contributed by atoms with Gasteiger partial charge in [0.15, 0.2) is 0 Å². The lowest BCUT2D eigenvalue weighted by Crippen LogP contribution is -2.43. The Hall–Kier alpha value is -2.81. The van der Waals surface area contributed by atoms with Gasteiger partial charge < -0.3 is 5.73 Å². The van der Waals surface area contributed by atoms with Gasteiger partial charge in [0.2, 0.25) is 0 Å². The number of hydrogen-bond donors (Lipinski definition) is 2. The minimum absolute atomic E-state index is 0.203. The molecule has 3 rings (SSSR count). The monoisotopic (exact) mass is 347 g/mol. The van der Waals surface area contributed by atoms with E-state index in [1.54, 1.807) is 5.32 Å². The molecule has 0 spiro atoms. The van der Waals surface area contributed by atoms with Crippen LogP contribution in [0.2, 0.25) is 0 Å². The number of urea groups is 2. The van der Waals surface area contributed by atoms with Crippen LogP contribution in [0.5, 0.6) is 0 Å². The van der Waals surface area contributed by atoms with Gasteiger partial charge in [0.25, 0.3) is 5.91 Å². The van der Waals surface area contributed by atoms with Gasteiger partial charge in [0.1, 0.15) is 11.5 Å². The van der Waals surface area contributed by atoms with Gasteiger partial charge in [-0.1, -0.05) is 6.42 Å². The second-order valence-corrected chi connectivity index (χ2v) is 5.97. The highest BCUT2D eigenvalue weighted by Crippen LogP contribution is 2.30. The third-order valence-electron chi connectivity index (χ3n) is 4.19. The van der Waals surface area contributed by atoms with Crippen molar-refractivity contribution in [3.05, 3.63) is 29.6 Å². The Morgan fingerprint density at radius 1 is 1.24 bits per heavy atom. The van der Waals surface area contributed by atoms with Crippen LogP contribution in [0.25, 0.3) is 0 Å². The Balaban J connectivity index is 1.91. The van der Waals surface area contributed by atoms with Crippen molar-refractivity contribution < 1.29 is 18.8 Å². The lowest BCUT2D eigenvalue weighted by Gasteiger charge is -2.30. The maximum Gasteiger partial charge on any atom is 0.349 e. The second kappa shape index (κ2) is 6.98. The number of imide groups is 1. The van der Waals surface area contributed by atoms with Crippen LogP contribution < -0.4 is 16.0 Å². The van der Waals surface area contributed by atoms with Crippen molar-refractivity contribution in [2.45, 2.75) is 19.3 Å². The van der Waals surface area contributed by atoms with Gasteiger partial charge in [-0.05, 0) is 44.1 Å². The number of nitrogens with two attached hydrogens (primary N) is 1. The molecule has 0 bridgehead atoms. The zero-order valence-corrected chi connectivity index (χ0v) is 13.5. The highest BCUT2D eigenvalue weighted by Gasteiger charge is 2.36. The quantitative estimate of drug-likeness (QED) is 0.838. The maximum absolute atomic E-state index is 13.6. The molecule has 3 N–H and O–H groups in total. The SMILES string of the molecule is NC(=O)NC(=O)/N=C1\C(=O)N(CN2CCCCC2)c2ccc(F)cc21. The van der Waals surface area contributed by atoms with Crippen LogP contribution in [0, 0.1) is 5.82 Å². The average molecular weight is 347 g/mol. The molecule has 2 heterocycles. The minimum Gasteiger partial charge on any atom is -0.351 e. The van der Waals surface area contributed by atoms with Gasteiger partial charge in [-0.25, -0.2) is 14.0 Å². The molecular weight excluding hydrogens is 329 g/mol. The van der Waals surface area contributed by atoms with Crippen LogP contribution >= 0.6 is 0 Å². The Bertz CT molecular complexity index is 758.